The second-order valence-electron chi connectivity index (χ2n) is 5.57. The van der Waals surface area contributed by atoms with Gasteiger partial charge in [0.25, 0.3) is 0 Å². The lowest BCUT2D eigenvalue weighted by atomic mass is 9.97. The van der Waals surface area contributed by atoms with Crippen LogP contribution in [0.1, 0.15) is 29.2 Å². The number of benzene rings is 2. The highest BCUT2D eigenvalue weighted by molar-refractivity contribution is 5.30. The molecular formula is C19H25N. The first-order chi connectivity index (χ1) is 9.69. The van der Waals surface area contributed by atoms with Crippen LogP contribution in [-0.4, -0.2) is 12.6 Å². The molecule has 0 radical (unpaired) electrons. The zero-order valence-electron chi connectivity index (χ0n) is 12.8. The molecule has 0 aliphatic heterocycles. The number of rotatable bonds is 6. The summed E-state index contributed by atoms with van der Waals surface area (Å²) in [6.45, 7) is 7.56. The summed E-state index contributed by atoms with van der Waals surface area (Å²) in [4.78, 5) is 0. The Balaban J connectivity index is 2.06. The fourth-order valence-corrected chi connectivity index (χ4v) is 2.62. The summed E-state index contributed by atoms with van der Waals surface area (Å²) >= 11 is 0. The molecule has 2 aromatic carbocycles. The van der Waals surface area contributed by atoms with E-state index in [1.807, 2.05) is 0 Å². The molecule has 106 valence electrons. The molecule has 2 rings (SSSR count). The van der Waals surface area contributed by atoms with Gasteiger partial charge in [0.05, 0.1) is 0 Å². The number of hydrogen-bond acceptors (Lipinski definition) is 1. The maximum absolute atomic E-state index is 3.61. The average molecular weight is 267 g/mol. The standard InChI is InChI=1S/C19H25N/c1-4-20-19(13-17-8-6-5-7-9-17)14-18-11-10-15(2)16(3)12-18/h5-12,19-20H,4,13-14H2,1-3H3. The third kappa shape index (κ3) is 4.21. The van der Waals surface area contributed by atoms with Gasteiger partial charge in [-0.15, -0.1) is 0 Å². The second kappa shape index (κ2) is 7.25. The second-order valence-corrected chi connectivity index (χ2v) is 5.57. The van der Waals surface area contributed by atoms with Gasteiger partial charge in [0.2, 0.25) is 0 Å². The fraction of sp³-hybridized carbons (Fsp3) is 0.368. The maximum Gasteiger partial charge on any atom is 0.0148 e. The topological polar surface area (TPSA) is 12.0 Å². The third-order valence-corrected chi connectivity index (χ3v) is 3.87. The molecule has 1 N–H and O–H groups in total. The Morgan fingerprint density at radius 1 is 0.850 bits per heavy atom. The van der Waals surface area contributed by atoms with Crippen molar-refractivity contribution in [2.24, 2.45) is 0 Å². The smallest absolute Gasteiger partial charge is 0.0148 e. The molecule has 0 spiro atoms. The molecule has 0 fully saturated rings. The summed E-state index contributed by atoms with van der Waals surface area (Å²) in [5.41, 5.74) is 5.59. The van der Waals surface area contributed by atoms with E-state index in [-0.39, 0.29) is 0 Å². The van der Waals surface area contributed by atoms with Crippen LogP contribution < -0.4 is 5.32 Å². The lowest BCUT2D eigenvalue weighted by Crippen LogP contribution is -2.33. The van der Waals surface area contributed by atoms with Gasteiger partial charge in [-0.3, -0.25) is 0 Å². The van der Waals surface area contributed by atoms with Gasteiger partial charge >= 0.3 is 0 Å². The number of likely N-dealkylation sites (N-methyl/N-ethyl adjacent to an activating group) is 1. The van der Waals surface area contributed by atoms with Crippen molar-refractivity contribution in [2.45, 2.75) is 39.7 Å². The van der Waals surface area contributed by atoms with Crippen LogP contribution in [0.25, 0.3) is 0 Å². The quantitative estimate of drug-likeness (QED) is 0.832. The molecule has 0 amide bonds. The molecule has 2 aromatic rings. The highest BCUT2D eigenvalue weighted by Gasteiger charge is 2.10. The van der Waals surface area contributed by atoms with E-state index in [0.717, 1.165) is 19.4 Å². The molecule has 0 aliphatic carbocycles. The Morgan fingerprint density at radius 2 is 1.55 bits per heavy atom. The molecule has 0 heterocycles. The summed E-state index contributed by atoms with van der Waals surface area (Å²) in [6.07, 6.45) is 2.17. The Bertz CT molecular complexity index is 531. The summed E-state index contributed by atoms with van der Waals surface area (Å²) < 4.78 is 0. The van der Waals surface area contributed by atoms with E-state index < -0.39 is 0 Å². The molecule has 1 unspecified atom stereocenters. The molecule has 1 atom stereocenters. The first-order valence-electron chi connectivity index (χ1n) is 7.52. The third-order valence-electron chi connectivity index (χ3n) is 3.87. The Hall–Kier alpha value is -1.60. The van der Waals surface area contributed by atoms with Crippen molar-refractivity contribution in [3.63, 3.8) is 0 Å². The summed E-state index contributed by atoms with van der Waals surface area (Å²) in [5, 5.41) is 3.61. The van der Waals surface area contributed by atoms with E-state index in [0.29, 0.717) is 6.04 Å². The van der Waals surface area contributed by atoms with E-state index >= 15 is 0 Å². The van der Waals surface area contributed by atoms with Crippen LogP contribution in [0.4, 0.5) is 0 Å². The van der Waals surface area contributed by atoms with Crippen LogP contribution in [0.2, 0.25) is 0 Å². The summed E-state index contributed by atoms with van der Waals surface area (Å²) in [7, 11) is 0. The van der Waals surface area contributed by atoms with Gasteiger partial charge in [-0.25, -0.2) is 0 Å². The number of hydrogen-bond donors (Lipinski definition) is 1. The number of aryl methyl sites for hydroxylation is 2. The van der Waals surface area contributed by atoms with Crippen LogP contribution in [-0.2, 0) is 12.8 Å². The zero-order chi connectivity index (χ0) is 14.4. The summed E-state index contributed by atoms with van der Waals surface area (Å²) in [5.74, 6) is 0. The van der Waals surface area contributed by atoms with Gasteiger partial charge in [0.1, 0.15) is 0 Å². The first-order valence-corrected chi connectivity index (χ1v) is 7.52. The van der Waals surface area contributed by atoms with Crippen LogP contribution in [0.15, 0.2) is 48.5 Å². The van der Waals surface area contributed by atoms with Crippen molar-refractivity contribution in [3.05, 3.63) is 70.8 Å². The van der Waals surface area contributed by atoms with Crippen molar-refractivity contribution >= 4 is 0 Å². The Kier molecular flexibility index (Phi) is 5.37. The SMILES string of the molecule is CCNC(Cc1ccccc1)Cc1ccc(C)c(C)c1. The molecule has 0 saturated heterocycles. The zero-order valence-corrected chi connectivity index (χ0v) is 12.8. The monoisotopic (exact) mass is 267 g/mol. The highest BCUT2D eigenvalue weighted by atomic mass is 14.9. The Morgan fingerprint density at radius 3 is 2.20 bits per heavy atom. The van der Waals surface area contributed by atoms with Crippen molar-refractivity contribution in [2.75, 3.05) is 6.54 Å². The van der Waals surface area contributed by atoms with Gasteiger partial charge in [-0.2, -0.15) is 0 Å². The maximum atomic E-state index is 3.61. The van der Waals surface area contributed by atoms with Crippen molar-refractivity contribution in [1.29, 1.82) is 0 Å². The van der Waals surface area contributed by atoms with Gasteiger partial charge < -0.3 is 5.32 Å². The van der Waals surface area contributed by atoms with Gasteiger partial charge in [-0.05, 0) is 55.5 Å². The van der Waals surface area contributed by atoms with Gasteiger partial charge in [0, 0.05) is 6.04 Å². The van der Waals surface area contributed by atoms with E-state index in [4.69, 9.17) is 0 Å². The predicted molar refractivity (Wildman–Crippen MR) is 87.2 cm³/mol. The average Bonchev–Trinajstić information content (AvgIpc) is 2.44. The predicted octanol–water partition coefficient (Wildman–Crippen LogP) is 4.07. The Labute approximate surface area is 123 Å². The minimum Gasteiger partial charge on any atom is -0.314 e. The lowest BCUT2D eigenvalue weighted by Gasteiger charge is -2.18. The van der Waals surface area contributed by atoms with E-state index in [1.54, 1.807) is 0 Å². The van der Waals surface area contributed by atoms with Crippen LogP contribution in [0.5, 0.6) is 0 Å². The molecule has 20 heavy (non-hydrogen) atoms. The molecule has 0 bridgehead atoms. The van der Waals surface area contributed by atoms with Gasteiger partial charge in [-0.1, -0.05) is 55.5 Å². The molecular weight excluding hydrogens is 242 g/mol. The summed E-state index contributed by atoms with van der Waals surface area (Å²) in [6, 6.07) is 18.1. The molecule has 1 nitrogen and oxygen atoms in total. The van der Waals surface area contributed by atoms with Crippen LogP contribution in [0.3, 0.4) is 0 Å². The van der Waals surface area contributed by atoms with E-state index in [9.17, 15) is 0 Å². The number of nitrogens with one attached hydrogen (secondary N) is 1. The van der Waals surface area contributed by atoms with Crippen LogP contribution in [0, 0.1) is 13.8 Å². The fourth-order valence-electron chi connectivity index (χ4n) is 2.62. The molecule has 0 saturated carbocycles. The van der Waals surface area contributed by atoms with Crippen molar-refractivity contribution in [1.82, 2.24) is 5.32 Å². The molecule has 0 aromatic heterocycles. The molecule has 1 heteroatoms. The first kappa shape index (κ1) is 14.8. The minimum atomic E-state index is 0.504. The van der Waals surface area contributed by atoms with Crippen molar-refractivity contribution < 1.29 is 0 Å². The molecule has 0 aliphatic rings. The van der Waals surface area contributed by atoms with E-state index in [1.165, 1.54) is 22.3 Å². The van der Waals surface area contributed by atoms with Gasteiger partial charge in [0.15, 0.2) is 0 Å². The van der Waals surface area contributed by atoms with Crippen molar-refractivity contribution in [3.8, 4) is 0 Å². The lowest BCUT2D eigenvalue weighted by molar-refractivity contribution is 0.521. The largest absolute Gasteiger partial charge is 0.314 e. The highest BCUT2D eigenvalue weighted by Crippen LogP contribution is 2.13. The van der Waals surface area contributed by atoms with E-state index in [2.05, 4.69) is 74.6 Å². The van der Waals surface area contributed by atoms with Crippen LogP contribution >= 0.6 is 0 Å². The normalized spacial score (nSPS) is 12.3. The minimum absolute atomic E-state index is 0.504.